The highest BCUT2D eigenvalue weighted by Gasteiger charge is 2.12. The number of aromatic nitrogens is 2. The predicted molar refractivity (Wildman–Crippen MR) is 83.4 cm³/mol. The van der Waals surface area contributed by atoms with Gasteiger partial charge in [0, 0.05) is 17.1 Å². The molecule has 2 aromatic heterocycles. The summed E-state index contributed by atoms with van der Waals surface area (Å²) in [4.78, 5) is 11.2. The van der Waals surface area contributed by atoms with E-state index in [4.69, 9.17) is 4.74 Å². The van der Waals surface area contributed by atoms with Gasteiger partial charge in [-0.25, -0.2) is 4.68 Å². The van der Waals surface area contributed by atoms with Gasteiger partial charge >= 0.3 is 0 Å². The Morgan fingerprint density at radius 3 is 2.71 bits per heavy atom. The third-order valence-corrected chi connectivity index (χ3v) is 3.76. The van der Waals surface area contributed by atoms with Crippen LogP contribution in [0, 0.1) is 0 Å². The van der Waals surface area contributed by atoms with Gasteiger partial charge in [-0.3, -0.25) is 4.79 Å². The van der Waals surface area contributed by atoms with E-state index in [0.29, 0.717) is 17.9 Å². The Labute approximate surface area is 126 Å². The number of hydrogen-bond donors (Lipinski definition) is 0. The van der Waals surface area contributed by atoms with E-state index in [1.165, 1.54) is 0 Å². The van der Waals surface area contributed by atoms with Crippen LogP contribution in [0.3, 0.4) is 0 Å². The first-order chi connectivity index (χ1) is 10.3. The van der Waals surface area contributed by atoms with Crippen LogP contribution in [-0.4, -0.2) is 22.7 Å². The lowest BCUT2D eigenvalue weighted by molar-refractivity contribution is 0.112. The van der Waals surface area contributed by atoms with E-state index >= 15 is 0 Å². The van der Waals surface area contributed by atoms with Crippen molar-refractivity contribution in [3.05, 3.63) is 52.9 Å². The van der Waals surface area contributed by atoms with E-state index in [2.05, 4.69) is 5.10 Å². The van der Waals surface area contributed by atoms with Crippen molar-refractivity contribution in [1.29, 1.82) is 0 Å². The van der Waals surface area contributed by atoms with Gasteiger partial charge in [0.2, 0.25) is 0 Å². The highest BCUT2D eigenvalue weighted by atomic mass is 32.1. The highest BCUT2D eigenvalue weighted by Crippen LogP contribution is 2.25. The summed E-state index contributed by atoms with van der Waals surface area (Å²) in [6.07, 6.45) is 2.58. The Hall–Kier alpha value is -2.40. The van der Waals surface area contributed by atoms with Crippen molar-refractivity contribution in [2.45, 2.75) is 6.92 Å². The second-order valence-corrected chi connectivity index (χ2v) is 5.21. The van der Waals surface area contributed by atoms with Crippen LogP contribution >= 0.6 is 11.3 Å². The number of thiophene rings is 1. The first-order valence-corrected chi connectivity index (χ1v) is 7.56. The van der Waals surface area contributed by atoms with Gasteiger partial charge in [-0.15, -0.1) is 0 Å². The topological polar surface area (TPSA) is 44.1 Å². The summed E-state index contributed by atoms with van der Waals surface area (Å²) in [5.41, 5.74) is 3.15. The average Bonchev–Trinajstić information content (AvgIpc) is 3.17. The molecule has 0 aliphatic carbocycles. The minimum atomic E-state index is 0.585. The molecule has 0 aliphatic rings. The first kappa shape index (κ1) is 13.6. The Kier molecular flexibility index (Phi) is 3.83. The zero-order valence-electron chi connectivity index (χ0n) is 11.5. The Morgan fingerprint density at radius 2 is 2.10 bits per heavy atom. The summed E-state index contributed by atoms with van der Waals surface area (Å²) in [7, 11) is 0. The normalized spacial score (nSPS) is 10.5. The van der Waals surface area contributed by atoms with Gasteiger partial charge in [0.25, 0.3) is 0 Å². The molecule has 0 radical (unpaired) electrons. The van der Waals surface area contributed by atoms with E-state index in [1.807, 2.05) is 48.0 Å². The summed E-state index contributed by atoms with van der Waals surface area (Å²) >= 11 is 1.58. The fourth-order valence-corrected chi connectivity index (χ4v) is 2.73. The maximum atomic E-state index is 11.2. The standard InChI is InChI=1S/C16H14N2O2S/c1-2-20-15-5-3-14(4-6-15)18-9-13(10-19)16(17-18)12-7-8-21-11-12/h3-11H,2H2,1H3. The highest BCUT2D eigenvalue weighted by molar-refractivity contribution is 7.08. The van der Waals surface area contributed by atoms with Crippen molar-refractivity contribution in [2.75, 3.05) is 6.61 Å². The molecule has 1 aromatic carbocycles. The van der Waals surface area contributed by atoms with E-state index in [1.54, 1.807) is 22.2 Å². The SMILES string of the molecule is CCOc1ccc(-n2cc(C=O)c(-c3ccsc3)n2)cc1. The van der Waals surface area contributed by atoms with Gasteiger partial charge in [0.05, 0.1) is 17.9 Å². The van der Waals surface area contributed by atoms with E-state index in [-0.39, 0.29) is 0 Å². The molecule has 21 heavy (non-hydrogen) atoms. The van der Waals surface area contributed by atoms with Gasteiger partial charge < -0.3 is 4.74 Å². The van der Waals surface area contributed by atoms with E-state index in [9.17, 15) is 4.79 Å². The maximum Gasteiger partial charge on any atom is 0.153 e. The van der Waals surface area contributed by atoms with Gasteiger partial charge in [-0.05, 0) is 42.6 Å². The number of rotatable bonds is 5. The lowest BCUT2D eigenvalue weighted by atomic mass is 10.2. The van der Waals surface area contributed by atoms with Crippen molar-refractivity contribution < 1.29 is 9.53 Å². The number of aldehydes is 1. The zero-order valence-corrected chi connectivity index (χ0v) is 12.3. The number of ether oxygens (including phenoxy) is 1. The fourth-order valence-electron chi connectivity index (χ4n) is 2.09. The maximum absolute atomic E-state index is 11.2. The molecular formula is C16H14N2O2S. The first-order valence-electron chi connectivity index (χ1n) is 6.62. The molecule has 0 saturated carbocycles. The Balaban J connectivity index is 1.97. The third-order valence-electron chi connectivity index (χ3n) is 3.08. The molecule has 3 rings (SSSR count). The van der Waals surface area contributed by atoms with Crippen LogP contribution in [0.2, 0.25) is 0 Å². The average molecular weight is 298 g/mol. The molecule has 0 bridgehead atoms. The summed E-state index contributed by atoms with van der Waals surface area (Å²) in [5.74, 6) is 0.821. The van der Waals surface area contributed by atoms with Gasteiger partial charge in [0.1, 0.15) is 11.4 Å². The molecule has 3 aromatic rings. The Bertz CT molecular complexity index is 730. The van der Waals surface area contributed by atoms with Crippen LogP contribution in [-0.2, 0) is 0 Å². The number of carbonyl (C=O) groups excluding carboxylic acids is 1. The molecule has 0 aliphatic heterocycles. The quantitative estimate of drug-likeness (QED) is 0.673. The molecule has 0 atom stereocenters. The molecular weight excluding hydrogens is 284 g/mol. The van der Waals surface area contributed by atoms with Crippen molar-refractivity contribution in [3.8, 4) is 22.7 Å². The molecule has 0 saturated heterocycles. The van der Waals surface area contributed by atoms with E-state index < -0.39 is 0 Å². The van der Waals surface area contributed by atoms with Gasteiger partial charge in [-0.2, -0.15) is 16.4 Å². The number of carbonyl (C=O) groups is 1. The Morgan fingerprint density at radius 1 is 1.29 bits per heavy atom. The number of hydrogen-bond acceptors (Lipinski definition) is 4. The van der Waals surface area contributed by atoms with Crippen LogP contribution < -0.4 is 4.74 Å². The third kappa shape index (κ3) is 2.73. The predicted octanol–water partition coefficient (Wildman–Crippen LogP) is 3.81. The van der Waals surface area contributed by atoms with Crippen molar-refractivity contribution >= 4 is 17.6 Å². The molecule has 106 valence electrons. The van der Waals surface area contributed by atoms with Gasteiger partial charge in [0.15, 0.2) is 6.29 Å². The monoisotopic (exact) mass is 298 g/mol. The second-order valence-electron chi connectivity index (χ2n) is 4.43. The van der Waals surface area contributed by atoms with Gasteiger partial charge in [-0.1, -0.05) is 0 Å². The largest absolute Gasteiger partial charge is 0.494 e. The van der Waals surface area contributed by atoms with Crippen LogP contribution in [0.15, 0.2) is 47.3 Å². The minimum Gasteiger partial charge on any atom is -0.494 e. The zero-order chi connectivity index (χ0) is 14.7. The van der Waals surface area contributed by atoms with Crippen LogP contribution in [0.1, 0.15) is 17.3 Å². The summed E-state index contributed by atoms with van der Waals surface area (Å²) in [6.45, 7) is 2.59. The lowest BCUT2D eigenvalue weighted by Gasteiger charge is -2.04. The van der Waals surface area contributed by atoms with Crippen molar-refractivity contribution in [3.63, 3.8) is 0 Å². The molecule has 0 unspecified atom stereocenters. The van der Waals surface area contributed by atoms with Crippen LogP contribution in [0.25, 0.3) is 16.9 Å². The van der Waals surface area contributed by atoms with E-state index in [0.717, 1.165) is 23.3 Å². The van der Waals surface area contributed by atoms with Crippen LogP contribution in [0.4, 0.5) is 0 Å². The molecule has 0 amide bonds. The smallest absolute Gasteiger partial charge is 0.153 e. The molecule has 2 heterocycles. The molecule has 5 heteroatoms. The van der Waals surface area contributed by atoms with Crippen LogP contribution in [0.5, 0.6) is 5.75 Å². The molecule has 0 spiro atoms. The summed E-state index contributed by atoms with van der Waals surface area (Å²) in [5, 5.41) is 8.48. The summed E-state index contributed by atoms with van der Waals surface area (Å²) in [6, 6.07) is 9.59. The van der Waals surface area contributed by atoms with Crippen molar-refractivity contribution in [1.82, 2.24) is 9.78 Å². The number of nitrogens with zero attached hydrogens (tertiary/aromatic N) is 2. The van der Waals surface area contributed by atoms with Crippen molar-refractivity contribution in [2.24, 2.45) is 0 Å². The second kappa shape index (κ2) is 5.93. The molecule has 0 fully saturated rings. The fraction of sp³-hybridized carbons (Fsp3) is 0.125. The minimum absolute atomic E-state index is 0.585. The molecule has 0 N–H and O–H groups in total. The number of benzene rings is 1. The summed E-state index contributed by atoms with van der Waals surface area (Å²) < 4.78 is 7.14. The lowest BCUT2D eigenvalue weighted by Crippen LogP contribution is -1.96. The molecule has 4 nitrogen and oxygen atoms in total.